The molecule has 2 amide bonds. The van der Waals surface area contributed by atoms with Gasteiger partial charge in [-0.2, -0.15) is 0 Å². The maximum atomic E-state index is 12.3. The predicted octanol–water partition coefficient (Wildman–Crippen LogP) is 2.63. The standard InChI is InChI=1S/C16H19N5O/c22-16(17-13-4-2-1-3-5-13)20-9-8-14(10-20)21-11-15(18-19-21)12-6-7-12/h1-5,11-12,14H,6-10H2,(H,17,22). The first-order valence-electron chi connectivity index (χ1n) is 7.82. The molecular formula is C16H19N5O. The molecule has 2 heterocycles. The van der Waals surface area contributed by atoms with Crippen molar-refractivity contribution in [3.05, 3.63) is 42.2 Å². The molecule has 22 heavy (non-hydrogen) atoms. The second kappa shape index (κ2) is 5.44. The molecule has 1 unspecified atom stereocenters. The lowest BCUT2D eigenvalue weighted by Crippen LogP contribution is -2.33. The van der Waals surface area contributed by atoms with Crippen LogP contribution in [0.25, 0.3) is 0 Å². The van der Waals surface area contributed by atoms with E-state index < -0.39 is 0 Å². The van der Waals surface area contributed by atoms with Crippen LogP contribution in [0.15, 0.2) is 36.5 Å². The zero-order valence-corrected chi connectivity index (χ0v) is 12.4. The summed E-state index contributed by atoms with van der Waals surface area (Å²) in [6.45, 7) is 1.44. The van der Waals surface area contributed by atoms with Gasteiger partial charge in [0.1, 0.15) is 0 Å². The first-order valence-corrected chi connectivity index (χ1v) is 7.82. The van der Waals surface area contributed by atoms with Gasteiger partial charge in [0.15, 0.2) is 0 Å². The Balaban J connectivity index is 1.37. The number of nitrogens with one attached hydrogen (secondary N) is 1. The van der Waals surface area contributed by atoms with Crippen molar-refractivity contribution in [2.45, 2.75) is 31.2 Å². The second-order valence-electron chi connectivity index (χ2n) is 6.08. The smallest absolute Gasteiger partial charge is 0.321 e. The summed E-state index contributed by atoms with van der Waals surface area (Å²) in [6.07, 6.45) is 5.44. The minimum Gasteiger partial charge on any atom is -0.322 e. The Labute approximate surface area is 129 Å². The van der Waals surface area contributed by atoms with Crippen LogP contribution in [0.3, 0.4) is 0 Å². The molecule has 1 saturated heterocycles. The number of amides is 2. The number of hydrogen-bond donors (Lipinski definition) is 1. The molecule has 0 radical (unpaired) electrons. The van der Waals surface area contributed by atoms with Crippen molar-refractivity contribution in [3.8, 4) is 0 Å². The van der Waals surface area contributed by atoms with Gasteiger partial charge in [-0.25, -0.2) is 9.48 Å². The number of para-hydroxylation sites is 1. The molecule has 1 atom stereocenters. The van der Waals surface area contributed by atoms with E-state index in [9.17, 15) is 4.79 Å². The minimum atomic E-state index is -0.0452. The maximum Gasteiger partial charge on any atom is 0.321 e. The fraction of sp³-hybridized carbons (Fsp3) is 0.438. The van der Waals surface area contributed by atoms with Gasteiger partial charge in [-0.05, 0) is 31.4 Å². The summed E-state index contributed by atoms with van der Waals surface area (Å²) in [5, 5.41) is 11.4. The topological polar surface area (TPSA) is 63.1 Å². The van der Waals surface area contributed by atoms with Crippen molar-refractivity contribution in [2.24, 2.45) is 0 Å². The highest BCUT2D eigenvalue weighted by Gasteiger charge is 2.31. The summed E-state index contributed by atoms with van der Waals surface area (Å²) in [5.74, 6) is 0.618. The Kier molecular flexibility index (Phi) is 3.29. The van der Waals surface area contributed by atoms with Gasteiger partial charge in [0.05, 0.1) is 11.7 Å². The molecule has 1 aliphatic carbocycles. The zero-order chi connectivity index (χ0) is 14.9. The van der Waals surface area contributed by atoms with E-state index in [0.717, 1.165) is 24.3 Å². The number of likely N-dealkylation sites (tertiary alicyclic amines) is 1. The molecule has 1 aromatic heterocycles. The second-order valence-corrected chi connectivity index (χ2v) is 6.08. The van der Waals surface area contributed by atoms with Crippen LogP contribution in [0, 0.1) is 0 Å². The van der Waals surface area contributed by atoms with Gasteiger partial charge in [-0.1, -0.05) is 23.4 Å². The third-order valence-electron chi connectivity index (χ3n) is 4.37. The highest BCUT2D eigenvalue weighted by molar-refractivity contribution is 5.89. The van der Waals surface area contributed by atoms with Gasteiger partial charge in [-0.3, -0.25) is 0 Å². The number of urea groups is 1. The fourth-order valence-corrected chi connectivity index (χ4v) is 2.90. The van der Waals surface area contributed by atoms with Gasteiger partial charge >= 0.3 is 6.03 Å². The van der Waals surface area contributed by atoms with E-state index in [-0.39, 0.29) is 12.1 Å². The van der Waals surface area contributed by atoms with Gasteiger partial charge in [0.25, 0.3) is 0 Å². The summed E-state index contributed by atoms with van der Waals surface area (Å²) in [4.78, 5) is 14.1. The first kappa shape index (κ1) is 13.3. The van der Waals surface area contributed by atoms with Crippen LogP contribution in [0.1, 0.15) is 36.9 Å². The lowest BCUT2D eigenvalue weighted by atomic mass is 10.2. The summed E-state index contributed by atoms with van der Waals surface area (Å²) >= 11 is 0. The number of anilines is 1. The zero-order valence-electron chi connectivity index (χ0n) is 12.4. The van der Waals surface area contributed by atoms with Gasteiger partial charge in [0.2, 0.25) is 0 Å². The van der Waals surface area contributed by atoms with E-state index in [0.29, 0.717) is 12.5 Å². The summed E-state index contributed by atoms with van der Waals surface area (Å²) in [7, 11) is 0. The van der Waals surface area contributed by atoms with E-state index in [2.05, 4.69) is 21.8 Å². The van der Waals surface area contributed by atoms with Crippen molar-refractivity contribution >= 4 is 11.7 Å². The minimum absolute atomic E-state index is 0.0452. The van der Waals surface area contributed by atoms with Crippen molar-refractivity contribution in [1.29, 1.82) is 0 Å². The Morgan fingerprint density at radius 1 is 1.18 bits per heavy atom. The van der Waals surface area contributed by atoms with Gasteiger partial charge in [0, 0.05) is 30.9 Å². The molecule has 0 bridgehead atoms. The van der Waals surface area contributed by atoms with E-state index in [1.807, 2.05) is 39.9 Å². The first-order chi connectivity index (χ1) is 10.8. The number of nitrogens with zero attached hydrogens (tertiary/aromatic N) is 4. The summed E-state index contributed by atoms with van der Waals surface area (Å²) in [5.41, 5.74) is 1.93. The molecule has 2 aromatic rings. The molecule has 6 heteroatoms. The molecule has 2 aliphatic rings. The number of carbonyl (C=O) groups excluding carboxylic acids is 1. The maximum absolute atomic E-state index is 12.3. The van der Waals surface area contributed by atoms with Gasteiger partial charge in [-0.15, -0.1) is 5.10 Å². The molecule has 1 aliphatic heterocycles. The van der Waals surface area contributed by atoms with Crippen molar-refractivity contribution in [2.75, 3.05) is 18.4 Å². The third-order valence-corrected chi connectivity index (χ3v) is 4.37. The lowest BCUT2D eigenvalue weighted by molar-refractivity contribution is 0.220. The van der Waals surface area contributed by atoms with Gasteiger partial charge < -0.3 is 10.2 Å². The fourth-order valence-electron chi connectivity index (χ4n) is 2.90. The quantitative estimate of drug-likeness (QED) is 0.947. The molecule has 1 saturated carbocycles. The molecule has 2 fully saturated rings. The summed E-state index contributed by atoms with van der Waals surface area (Å²) in [6, 6.07) is 9.74. The molecule has 1 N–H and O–H groups in total. The molecular weight excluding hydrogens is 278 g/mol. The average molecular weight is 297 g/mol. The third kappa shape index (κ3) is 2.68. The number of benzene rings is 1. The van der Waals surface area contributed by atoms with Crippen LogP contribution < -0.4 is 5.32 Å². The van der Waals surface area contributed by atoms with Crippen molar-refractivity contribution in [3.63, 3.8) is 0 Å². The Bertz CT molecular complexity index is 664. The van der Waals surface area contributed by atoms with Crippen LogP contribution >= 0.6 is 0 Å². The highest BCUT2D eigenvalue weighted by Crippen LogP contribution is 2.39. The number of rotatable bonds is 3. The molecule has 114 valence electrons. The predicted molar refractivity (Wildman–Crippen MR) is 82.7 cm³/mol. The van der Waals surface area contributed by atoms with Crippen LogP contribution in [-0.2, 0) is 0 Å². The van der Waals surface area contributed by atoms with E-state index >= 15 is 0 Å². The van der Waals surface area contributed by atoms with Crippen molar-refractivity contribution in [1.82, 2.24) is 19.9 Å². The Morgan fingerprint density at radius 3 is 2.77 bits per heavy atom. The van der Waals surface area contributed by atoms with Crippen LogP contribution in [-0.4, -0.2) is 39.0 Å². The Morgan fingerprint density at radius 2 is 2.00 bits per heavy atom. The summed E-state index contributed by atoms with van der Waals surface area (Å²) < 4.78 is 1.93. The molecule has 1 aromatic carbocycles. The van der Waals surface area contributed by atoms with Crippen molar-refractivity contribution < 1.29 is 4.79 Å². The van der Waals surface area contributed by atoms with E-state index in [1.165, 1.54) is 12.8 Å². The molecule has 4 rings (SSSR count). The van der Waals surface area contributed by atoms with Crippen LogP contribution in [0.2, 0.25) is 0 Å². The Hall–Kier alpha value is -2.37. The normalized spacial score (nSPS) is 21.1. The van der Waals surface area contributed by atoms with Crippen LogP contribution in [0.5, 0.6) is 0 Å². The van der Waals surface area contributed by atoms with E-state index in [1.54, 1.807) is 0 Å². The highest BCUT2D eigenvalue weighted by atomic mass is 16.2. The number of carbonyl (C=O) groups is 1. The SMILES string of the molecule is O=C(Nc1ccccc1)N1CCC(n2cc(C3CC3)nn2)C1. The monoisotopic (exact) mass is 297 g/mol. The largest absolute Gasteiger partial charge is 0.322 e. The average Bonchev–Trinajstić information content (AvgIpc) is 3.08. The van der Waals surface area contributed by atoms with E-state index in [4.69, 9.17) is 0 Å². The van der Waals surface area contributed by atoms with Crippen LogP contribution in [0.4, 0.5) is 10.5 Å². The molecule has 0 spiro atoms. The molecule has 6 nitrogen and oxygen atoms in total. The lowest BCUT2D eigenvalue weighted by Gasteiger charge is -2.17. The number of aromatic nitrogens is 3. The number of hydrogen-bond acceptors (Lipinski definition) is 3.